The maximum Gasteiger partial charge on any atom is 2.00 e. The van der Waals surface area contributed by atoms with Gasteiger partial charge in [-0.05, 0) is 13.0 Å². The Kier molecular flexibility index (Phi) is 28.8. The maximum atomic E-state index is 9.41. The van der Waals surface area contributed by atoms with Crippen LogP contribution >= 0.6 is 0 Å². The molecule has 0 radical (unpaired) electrons. The normalized spacial score (nSPS) is 6.11. The molecule has 0 fully saturated rings. The number of hydrogen-bond acceptors (Lipinski definition) is 4. The zero-order valence-corrected chi connectivity index (χ0v) is 7.63. The number of nitrogens with two attached hydrogens (primary N) is 1. The van der Waals surface area contributed by atoms with Gasteiger partial charge in [0, 0.05) is 5.97 Å². The molecule has 0 aliphatic rings. The number of hydrogen-bond donors (Lipinski definition) is 1. The molecular weight excluding hydrogens is 150 g/mol. The average Bonchev–Trinajstić information content (AvgIpc) is 1.72. The SMILES string of the molecule is C[O-].NCCC(=O)[O-].[Ca+2]. The van der Waals surface area contributed by atoms with Crippen molar-refractivity contribution in [1.82, 2.24) is 0 Å². The Morgan fingerprint density at radius 3 is 1.89 bits per heavy atom. The van der Waals surface area contributed by atoms with Gasteiger partial charge in [0.2, 0.25) is 0 Å². The van der Waals surface area contributed by atoms with Crippen LogP contribution in [0.3, 0.4) is 0 Å². The van der Waals surface area contributed by atoms with E-state index < -0.39 is 5.97 Å². The zero-order valence-electron chi connectivity index (χ0n) is 5.42. The van der Waals surface area contributed by atoms with Gasteiger partial charge in [0.1, 0.15) is 0 Å². The standard InChI is InChI=1S/C3H7NO2.CH3O.Ca/c4-2-1-3(5)6;1-2;/h1-2,4H2,(H,5,6);1H3;/q;-1;+2/p-1. The van der Waals surface area contributed by atoms with Crippen LogP contribution in [0.4, 0.5) is 0 Å². The van der Waals surface area contributed by atoms with Gasteiger partial charge < -0.3 is 20.7 Å². The van der Waals surface area contributed by atoms with Crippen LogP contribution in [0.15, 0.2) is 0 Å². The first-order valence-electron chi connectivity index (χ1n) is 2.08. The fraction of sp³-hybridized carbons (Fsp3) is 0.750. The van der Waals surface area contributed by atoms with Crippen molar-refractivity contribution in [3.05, 3.63) is 0 Å². The van der Waals surface area contributed by atoms with Gasteiger partial charge in [-0.1, -0.05) is 0 Å². The third-order valence-electron chi connectivity index (χ3n) is 0.348. The smallest absolute Gasteiger partial charge is 0.857 e. The Labute approximate surface area is 84.0 Å². The number of rotatable bonds is 2. The Morgan fingerprint density at radius 1 is 1.56 bits per heavy atom. The van der Waals surface area contributed by atoms with E-state index in [0.29, 0.717) is 0 Å². The predicted octanol–water partition coefficient (Wildman–Crippen LogP) is -3.32. The summed E-state index contributed by atoms with van der Waals surface area (Å²) in [5, 5.41) is 17.7. The first-order valence-corrected chi connectivity index (χ1v) is 2.08. The van der Waals surface area contributed by atoms with Gasteiger partial charge in [-0.25, -0.2) is 0 Å². The van der Waals surface area contributed by atoms with Crippen LogP contribution in [-0.2, 0) is 4.79 Å². The van der Waals surface area contributed by atoms with E-state index in [9.17, 15) is 9.90 Å². The van der Waals surface area contributed by atoms with Gasteiger partial charge in [0.05, 0.1) is 0 Å². The van der Waals surface area contributed by atoms with E-state index in [1.54, 1.807) is 0 Å². The first-order chi connectivity index (χ1) is 3.77. The van der Waals surface area contributed by atoms with Gasteiger partial charge in [0.15, 0.2) is 0 Å². The van der Waals surface area contributed by atoms with Crippen LogP contribution in [-0.4, -0.2) is 57.4 Å². The second-order valence-electron chi connectivity index (χ2n) is 0.911. The molecule has 2 N–H and O–H groups in total. The average molecular weight is 159 g/mol. The number of aliphatic carboxylic acids is 1. The van der Waals surface area contributed by atoms with Crippen LogP contribution in [0.1, 0.15) is 6.42 Å². The number of carboxylic acids is 1. The van der Waals surface area contributed by atoms with E-state index in [0.717, 1.165) is 7.11 Å². The molecule has 9 heavy (non-hydrogen) atoms. The van der Waals surface area contributed by atoms with Crippen LogP contribution in [0.5, 0.6) is 0 Å². The van der Waals surface area contributed by atoms with E-state index >= 15 is 0 Å². The molecular formula is C4H9CaNO3. The van der Waals surface area contributed by atoms with E-state index in [-0.39, 0.29) is 50.7 Å². The molecule has 0 aliphatic heterocycles. The van der Waals surface area contributed by atoms with Crippen molar-refractivity contribution in [3.63, 3.8) is 0 Å². The van der Waals surface area contributed by atoms with Crippen molar-refractivity contribution in [2.24, 2.45) is 5.73 Å². The quantitative estimate of drug-likeness (QED) is 0.427. The Morgan fingerprint density at radius 2 is 1.89 bits per heavy atom. The second-order valence-corrected chi connectivity index (χ2v) is 0.911. The summed E-state index contributed by atoms with van der Waals surface area (Å²) in [6.07, 6.45) is -0.0417. The van der Waals surface area contributed by atoms with E-state index in [2.05, 4.69) is 0 Å². The molecule has 0 amide bonds. The van der Waals surface area contributed by atoms with Gasteiger partial charge in [0.25, 0.3) is 0 Å². The molecule has 0 heterocycles. The van der Waals surface area contributed by atoms with Crippen molar-refractivity contribution in [3.8, 4) is 0 Å². The molecule has 0 aliphatic carbocycles. The molecule has 50 valence electrons. The molecule has 0 aromatic heterocycles. The van der Waals surface area contributed by atoms with Gasteiger partial charge in [-0.15, -0.1) is 0 Å². The monoisotopic (exact) mass is 159 g/mol. The minimum Gasteiger partial charge on any atom is -0.857 e. The fourth-order valence-electron chi connectivity index (χ4n) is 0.118. The maximum absolute atomic E-state index is 9.41. The third kappa shape index (κ3) is 28.7. The molecule has 4 nitrogen and oxygen atoms in total. The Balaban J connectivity index is -0.000000109. The summed E-state index contributed by atoms with van der Waals surface area (Å²) in [7, 11) is 0.750. The van der Waals surface area contributed by atoms with Crippen LogP contribution in [0, 0.1) is 0 Å². The molecule has 5 heteroatoms. The molecule has 0 rings (SSSR count). The minimum absolute atomic E-state index is 0. The Hall–Kier alpha value is 0.650. The summed E-state index contributed by atoms with van der Waals surface area (Å²) in [6, 6.07) is 0. The van der Waals surface area contributed by atoms with Crippen molar-refractivity contribution in [2.45, 2.75) is 6.42 Å². The van der Waals surface area contributed by atoms with Crippen molar-refractivity contribution < 1.29 is 15.0 Å². The summed E-state index contributed by atoms with van der Waals surface area (Å²) in [6.45, 7) is 0.169. The molecule has 0 bridgehead atoms. The summed E-state index contributed by atoms with van der Waals surface area (Å²) < 4.78 is 0. The largest absolute Gasteiger partial charge is 2.00 e. The van der Waals surface area contributed by atoms with E-state index in [1.165, 1.54) is 0 Å². The Bertz CT molecular complexity index is 59.8. The summed E-state index contributed by atoms with van der Waals surface area (Å²) in [5.41, 5.74) is 4.81. The summed E-state index contributed by atoms with van der Waals surface area (Å²) >= 11 is 0. The summed E-state index contributed by atoms with van der Waals surface area (Å²) in [5.74, 6) is -1.09. The van der Waals surface area contributed by atoms with Crippen LogP contribution in [0.25, 0.3) is 0 Å². The van der Waals surface area contributed by atoms with Crippen LogP contribution < -0.4 is 15.9 Å². The molecule has 0 saturated heterocycles. The molecule has 0 spiro atoms. The molecule has 0 unspecified atom stereocenters. The van der Waals surface area contributed by atoms with Gasteiger partial charge >= 0.3 is 37.7 Å². The number of carbonyl (C=O) groups excluding carboxylic acids is 1. The molecule has 0 atom stereocenters. The molecule has 0 aromatic carbocycles. The molecule has 0 saturated carbocycles. The second kappa shape index (κ2) is 15.9. The van der Waals surface area contributed by atoms with Gasteiger partial charge in [-0.3, -0.25) is 0 Å². The summed E-state index contributed by atoms with van der Waals surface area (Å²) in [4.78, 5) is 9.41. The first kappa shape index (κ1) is 16.3. The van der Waals surface area contributed by atoms with E-state index in [1.807, 2.05) is 0 Å². The predicted molar refractivity (Wildman–Crippen MR) is 30.4 cm³/mol. The van der Waals surface area contributed by atoms with Crippen LogP contribution in [0.2, 0.25) is 0 Å². The fourth-order valence-corrected chi connectivity index (χ4v) is 0.118. The number of carbonyl (C=O) groups is 1. The minimum atomic E-state index is -1.09. The van der Waals surface area contributed by atoms with Crippen molar-refractivity contribution in [1.29, 1.82) is 0 Å². The molecule has 0 aromatic rings. The third-order valence-corrected chi connectivity index (χ3v) is 0.348. The van der Waals surface area contributed by atoms with Crippen molar-refractivity contribution in [2.75, 3.05) is 13.7 Å². The van der Waals surface area contributed by atoms with E-state index in [4.69, 9.17) is 10.8 Å². The number of carboxylic acid groups (broad SMARTS) is 1. The van der Waals surface area contributed by atoms with Gasteiger partial charge in [-0.2, -0.15) is 7.11 Å². The van der Waals surface area contributed by atoms with Crippen molar-refractivity contribution >= 4 is 43.7 Å². The topological polar surface area (TPSA) is 89.2 Å². The zero-order chi connectivity index (χ0) is 6.99.